The van der Waals surface area contributed by atoms with E-state index in [1.165, 1.54) is 19.1 Å². The quantitative estimate of drug-likeness (QED) is 0.855. The van der Waals surface area contributed by atoms with Gasteiger partial charge in [0.05, 0.1) is 5.56 Å². The summed E-state index contributed by atoms with van der Waals surface area (Å²) in [6.07, 6.45) is -0.849. The molecule has 0 bridgehead atoms. The lowest BCUT2D eigenvalue weighted by molar-refractivity contribution is 0.101. The van der Waals surface area contributed by atoms with Gasteiger partial charge in [0.1, 0.15) is 24.3 Å². The number of benzene rings is 2. The summed E-state index contributed by atoms with van der Waals surface area (Å²) >= 11 is 5.76. The van der Waals surface area contributed by atoms with Gasteiger partial charge in [0, 0.05) is 11.1 Å². The first kappa shape index (κ1) is 15.5. The third-order valence-corrected chi connectivity index (χ3v) is 3.23. The van der Waals surface area contributed by atoms with E-state index in [2.05, 4.69) is 0 Å². The van der Waals surface area contributed by atoms with Crippen LogP contribution in [0.4, 0.5) is 4.39 Å². The molecule has 1 atom stereocenters. The Balaban J connectivity index is 2.01. The zero-order valence-electron chi connectivity index (χ0n) is 11.3. The number of aliphatic hydroxyl groups is 1. The third kappa shape index (κ3) is 4.03. The first-order valence-corrected chi connectivity index (χ1v) is 6.72. The van der Waals surface area contributed by atoms with Crippen LogP contribution in [-0.2, 0) is 0 Å². The summed E-state index contributed by atoms with van der Waals surface area (Å²) in [4.78, 5) is 11.1. The highest BCUT2D eigenvalue weighted by molar-refractivity contribution is 6.30. The Morgan fingerprint density at radius 1 is 1.29 bits per heavy atom. The van der Waals surface area contributed by atoms with Gasteiger partial charge >= 0.3 is 0 Å². The van der Waals surface area contributed by atoms with E-state index in [9.17, 15) is 14.3 Å². The van der Waals surface area contributed by atoms with E-state index >= 15 is 0 Å². The Hall–Kier alpha value is -1.91. The molecule has 0 heterocycles. The second-order valence-electron chi connectivity index (χ2n) is 4.58. The average molecular weight is 309 g/mol. The fourth-order valence-corrected chi connectivity index (χ4v) is 1.95. The number of rotatable bonds is 5. The predicted molar refractivity (Wildman–Crippen MR) is 78.3 cm³/mol. The van der Waals surface area contributed by atoms with Crippen molar-refractivity contribution in [2.24, 2.45) is 0 Å². The van der Waals surface area contributed by atoms with E-state index in [-0.39, 0.29) is 23.7 Å². The molecular formula is C16H14ClFO3. The summed E-state index contributed by atoms with van der Waals surface area (Å²) in [5.41, 5.74) is 0.667. The van der Waals surface area contributed by atoms with Crippen LogP contribution in [0.2, 0.25) is 5.02 Å². The van der Waals surface area contributed by atoms with E-state index in [1.807, 2.05) is 0 Å². The normalized spacial score (nSPS) is 12.0. The van der Waals surface area contributed by atoms with Gasteiger partial charge in [-0.15, -0.1) is 0 Å². The van der Waals surface area contributed by atoms with E-state index in [4.69, 9.17) is 16.3 Å². The van der Waals surface area contributed by atoms with Gasteiger partial charge in [-0.2, -0.15) is 0 Å². The number of halogens is 2. The number of ether oxygens (including phenoxy) is 1. The third-order valence-electron chi connectivity index (χ3n) is 2.98. The van der Waals surface area contributed by atoms with E-state index in [0.717, 1.165) is 6.07 Å². The van der Waals surface area contributed by atoms with Crippen LogP contribution >= 0.6 is 11.6 Å². The van der Waals surface area contributed by atoms with Crippen LogP contribution in [0.15, 0.2) is 42.5 Å². The fourth-order valence-electron chi connectivity index (χ4n) is 1.83. The molecule has 2 rings (SSSR count). The Labute approximate surface area is 126 Å². The van der Waals surface area contributed by atoms with Crippen LogP contribution in [-0.4, -0.2) is 17.5 Å². The van der Waals surface area contributed by atoms with Gasteiger partial charge in [-0.05, 0) is 36.8 Å². The van der Waals surface area contributed by atoms with Gasteiger partial charge in [0.25, 0.3) is 0 Å². The molecule has 2 aromatic rings. The number of carbonyl (C=O) groups is 1. The molecule has 0 saturated heterocycles. The summed E-state index contributed by atoms with van der Waals surface area (Å²) in [5, 5.41) is 10.5. The Bertz CT molecular complexity index is 640. The largest absolute Gasteiger partial charge is 0.490 e. The highest BCUT2D eigenvalue weighted by Gasteiger charge is 2.11. The first-order chi connectivity index (χ1) is 9.97. The standard InChI is InChI=1S/C16H14ClFO3/c1-10(19)14-7-6-13(8-15(14)18)21-9-16(20)11-2-4-12(17)5-3-11/h2-8,16,20H,9H2,1H3. The van der Waals surface area contributed by atoms with Gasteiger partial charge in [0.15, 0.2) is 5.78 Å². The van der Waals surface area contributed by atoms with Crippen molar-refractivity contribution in [3.8, 4) is 5.75 Å². The predicted octanol–water partition coefficient (Wildman–Crippen LogP) is 3.79. The van der Waals surface area contributed by atoms with Gasteiger partial charge in [-0.1, -0.05) is 23.7 Å². The second kappa shape index (κ2) is 6.70. The van der Waals surface area contributed by atoms with Crippen molar-refractivity contribution >= 4 is 17.4 Å². The molecule has 0 saturated carbocycles. The molecule has 110 valence electrons. The minimum atomic E-state index is -0.849. The zero-order valence-corrected chi connectivity index (χ0v) is 12.1. The number of ketones is 1. The molecule has 0 amide bonds. The Kier molecular flexibility index (Phi) is 4.94. The average Bonchev–Trinajstić information content (AvgIpc) is 2.45. The molecule has 3 nitrogen and oxygen atoms in total. The van der Waals surface area contributed by atoms with Crippen LogP contribution in [0.5, 0.6) is 5.75 Å². The van der Waals surface area contributed by atoms with Crippen molar-refractivity contribution in [1.29, 1.82) is 0 Å². The Morgan fingerprint density at radius 3 is 2.52 bits per heavy atom. The molecule has 0 aliphatic heterocycles. The van der Waals surface area contributed by atoms with Crippen LogP contribution < -0.4 is 4.74 Å². The minimum Gasteiger partial charge on any atom is -0.490 e. The molecule has 0 radical (unpaired) electrons. The van der Waals surface area contributed by atoms with Gasteiger partial charge in [0.2, 0.25) is 0 Å². The second-order valence-corrected chi connectivity index (χ2v) is 5.01. The van der Waals surface area contributed by atoms with E-state index < -0.39 is 11.9 Å². The lowest BCUT2D eigenvalue weighted by Crippen LogP contribution is -2.10. The molecular weight excluding hydrogens is 295 g/mol. The fraction of sp³-hybridized carbons (Fsp3) is 0.188. The van der Waals surface area contributed by atoms with E-state index in [0.29, 0.717) is 10.6 Å². The van der Waals surface area contributed by atoms with Gasteiger partial charge < -0.3 is 9.84 Å². The molecule has 5 heteroatoms. The maximum Gasteiger partial charge on any atom is 0.162 e. The van der Waals surface area contributed by atoms with Crippen molar-refractivity contribution < 1.29 is 19.0 Å². The van der Waals surface area contributed by atoms with Gasteiger partial charge in [-0.3, -0.25) is 4.79 Å². The summed E-state index contributed by atoms with van der Waals surface area (Å²) in [6, 6.07) is 10.7. The minimum absolute atomic E-state index is 0.0144. The van der Waals surface area contributed by atoms with Crippen molar-refractivity contribution in [3.63, 3.8) is 0 Å². The zero-order chi connectivity index (χ0) is 15.4. The summed E-state index contributed by atoms with van der Waals surface area (Å²) < 4.78 is 18.9. The van der Waals surface area contributed by atoms with Crippen molar-refractivity contribution in [2.45, 2.75) is 13.0 Å². The lowest BCUT2D eigenvalue weighted by atomic mass is 10.1. The van der Waals surface area contributed by atoms with Crippen LogP contribution in [0.1, 0.15) is 28.9 Å². The van der Waals surface area contributed by atoms with Crippen molar-refractivity contribution in [1.82, 2.24) is 0 Å². The van der Waals surface area contributed by atoms with E-state index in [1.54, 1.807) is 24.3 Å². The van der Waals surface area contributed by atoms with Crippen molar-refractivity contribution in [3.05, 3.63) is 64.4 Å². The smallest absolute Gasteiger partial charge is 0.162 e. The Morgan fingerprint density at radius 2 is 1.95 bits per heavy atom. The number of hydrogen-bond donors (Lipinski definition) is 1. The number of carbonyl (C=O) groups excluding carboxylic acids is 1. The summed E-state index contributed by atoms with van der Waals surface area (Å²) in [7, 11) is 0. The highest BCUT2D eigenvalue weighted by atomic mass is 35.5. The highest BCUT2D eigenvalue weighted by Crippen LogP contribution is 2.20. The molecule has 1 unspecified atom stereocenters. The SMILES string of the molecule is CC(=O)c1ccc(OCC(O)c2ccc(Cl)cc2)cc1F. The molecule has 0 aromatic heterocycles. The number of aliphatic hydroxyl groups excluding tert-OH is 1. The molecule has 0 spiro atoms. The topological polar surface area (TPSA) is 46.5 Å². The molecule has 0 fully saturated rings. The molecule has 1 N–H and O–H groups in total. The van der Waals surface area contributed by atoms with Gasteiger partial charge in [-0.25, -0.2) is 4.39 Å². The number of Topliss-reactive ketones (excluding diaryl/α,β-unsaturated/α-hetero) is 1. The summed E-state index contributed by atoms with van der Waals surface area (Å²) in [6.45, 7) is 1.27. The maximum absolute atomic E-state index is 13.6. The van der Waals surface area contributed by atoms with Crippen LogP contribution in [0.25, 0.3) is 0 Å². The lowest BCUT2D eigenvalue weighted by Gasteiger charge is -2.13. The summed E-state index contributed by atoms with van der Waals surface area (Å²) in [5.74, 6) is -0.730. The number of hydrogen-bond acceptors (Lipinski definition) is 3. The molecule has 0 aliphatic rings. The molecule has 21 heavy (non-hydrogen) atoms. The first-order valence-electron chi connectivity index (χ1n) is 6.34. The van der Waals surface area contributed by atoms with Crippen LogP contribution in [0.3, 0.4) is 0 Å². The maximum atomic E-state index is 13.6. The monoisotopic (exact) mass is 308 g/mol. The molecule has 2 aromatic carbocycles. The van der Waals surface area contributed by atoms with Crippen LogP contribution in [0, 0.1) is 5.82 Å². The van der Waals surface area contributed by atoms with Crippen molar-refractivity contribution in [2.75, 3.05) is 6.61 Å². The molecule has 0 aliphatic carbocycles.